The van der Waals surface area contributed by atoms with Crippen LogP contribution in [0.5, 0.6) is 5.75 Å². The van der Waals surface area contributed by atoms with Gasteiger partial charge in [-0.25, -0.2) is 28.2 Å². The van der Waals surface area contributed by atoms with Crippen molar-refractivity contribution in [3.63, 3.8) is 0 Å². The van der Waals surface area contributed by atoms with E-state index in [1.54, 1.807) is 12.4 Å². The summed E-state index contributed by atoms with van der Waals surface area (Å²) in [6, 6.07) is 12.6. The van der Waals surface area contributed by atoms with Crippen LogP contribution in [0.2, 0.25) is 0 Å². The Bertz CT molecular complexity index is 1590. The Morgan fingerprint density at radius 2 is 1.63 bits per heavy atom. The molecule has 4 aromatic rings. The van der Waals surface area contributed by atoms with Crippen LogP contribution in [0.4, 0.5) is 22.0 Å². The number of benzene rings is 2. The number of nitrogens with zero attached hydrogens (tertiary/aromatic N) is 5. The third-order valence-electron chi connectivity index (χ3n) is 5.70. The van der Waals surface area contributed by atoms with Crippen molar-refractivity contribution >= 4 is 5.97 Å². The van der Waals surface area contributed by atoms with Crippen LogP contribution in [0.3, 0.4) is 0 Å². The van der Waals surface area contributed by atoms with Gasteiger partial charge in [-0.15, -0.1) is 0 Å². The smallest absolute Gasteiger partial charge is 0.488 e. The van der Waals surface area contributed by atoms with E-state index in [9.17, 15) is 26.7 Å². The first-order valence-electron chi connectivity index (χ1n) is 12.8. The molecule has 0 saturated carbocycles. The Hall–Kier alpha value is -4.72. The van der Waals surface area contributed by atoms with Gasteiger partial charge in [-0.1, -0.05) is 18.2 Å². The minimum Gasteiger partial charge on any atom is -0.488 e. The number of aliphatic carboxylic acids is 1. The largest absolute Gasteiger partial charge is 0.490 e. The van der Waals surface area contributed by atoms with Crippen molar-refractivity contribution in [2.24, 2.45) is 0 Å². The summed E-state index contributed by atoms with van der Waals surface area (Å²) in [6.45, 7) is 3.02. The van der Waals surface area contributed by atoms with Gasteiger partial charge in [0.25, 0.3) is 5.56 Å². The Morgan fingerprint density at radius 1 is 1.00 bits per heavy atom. The van der Waals surface area contributed by atoms with Crippen LogP contribution in [0, 0.1) is 18.6 Å². The normalized spacial score (nSPS) is 11.2. The highest BCUT2D eigenvalue weighted by Gasteiger charge is 2.38. The Labute approximate surface area is 243 Å². The molecule has 0 spiro atoms. The van der Waals surface area contributed by atoms with E-state index in [0.29, 0.717) is 12.2 Å². The average molecular weight is 606 g/mol. The number of ether oxygens (including phenoxy) is 1. The molecule has 0 radical (unpaired) electrons. The van der Waals surface area contributed by atoms with Crippen LogP contribution in [0.1, 0.15) is 17.5 Å². The summed E-state index contributed by atoms with van der Waals surface area (Å²) in [6.07, 6.45) is -0.969. The van der Waals surface area contributed by atoms with Crippen molar-refractivity contribution in [3.8, 4) is 28.4 Å². The second kappa shape index (κ2) is 14.4. The van der Waals surface area contributed by atoms with Gasteiger partial charge in [0.1, 0.15) is 0 Å². The highest BCUT2D eigenvalue weighted by atomic mass is 19.4. The van der Waals surface area contributed by atoms with E-state index in [4.69, 9.17) is 14.6 Å². The maximum atomic E-state index is 14.7. The van der Waals surface area contributed by atoms with E-state index < -0.39 is 29.5 Å². The van der Waals surface area contributed by atoms with Crippen LogP contribution in [0.15, 0.2) is 65.7 Å². The minimum absolute atomic E-state index is 0.171. The molecular weight excluding hydrogens is 577 g/mol. The van der Waals surface area contributed by atoms with Gasteiger partial charge in [0.2, 0.25) is 0 Å². The zero-order valence-corrected chi connectivity index (χ0v) is 23.4. The fourth-order valence-corrected chi connectivity index (χ4v) is 3.64. The maximum absolute atomic E-state index is 14.7. The van der Waals surface area contributed by atoms with E-state index >= 15 is 0 Å². The summed E-state index contributed by atoms with van der Waals surface area (Å²) >= 11 is 0. The molecule has 0 amide bonds. The SMILES string of the molecule is Cc1cnc(-c2cccc(Cn3nc(-c4cc(F)c(OCCCN(C)C)c(F)c4)ccc3=O)c2)nc1.O=C(O)C(F)(F)F. The Balaban J connectivity index is 0.000000646. The second-order valence-corrected chi connectivity index (χ2v) is 9.58. The van der Waals surface area contributed by atoms with E-state index in [1.165, 1.54) is 16.8 Å². The van der Waals surface area contributed by atoms with Crippen molar-refractivity contribution in [1.29, 1.82) is 0 Å². The zero-order chi connectivity index (χ0) is 31.7. The lowest BCUT2D eigenvalue weighted by Gasteiger charge is -2.13. The first-order valence-corrected chi connectivity index (χ1v) is 12.8. The van der Waals surface area contributed by atoms with Crippen molar-refractivity contribution in [1.82, 2.24) is 24.6 Å². The molecule has 9 nitrogen and oxygen atoms in total. The number of carbonyl (C=O) groups is 1. The first kappa shape index (κ1) is 32.8. The third kappa shape index (κ3) is 9.67. The molecule has 0 aliphatic rings. The number of hydrogen-bond acceptors (Lipinski definition) is 7. The number of alkyl halides is 3. The lowest BCUT2D eigenvalue weighted by Crippen LogP contribution is -2.22. The quantitative estimate of drug-likeness (QED) is 0.211. The van der Waals surface area contributed by atoms with Crippen molar-refractivity contribution in [2.75, 3.05) is 27.2 Å². The highest BCUT2D eigenvalue weighted by molar-refractivity contribution is 5.73. The highest BCUT2D eigenvalue weighted by Crippen LogP contribution is 2.28. The van der Waals surface area contributed by atoms with Crippen molar-refractivity contribution < 1.29 is 36.6 Å². The van der Waals surface area contributed by atoms with Gasteiger partial charge in [0.15, 0.2) is 23.2 Å². The fraction of sp³-hybridized carbons (Fsp3) is 0.276. The van der Waals surface area contributed by atoms with E-state index in [-0.39, 0.29) is 30.0 Å². The number of halogens is 5. The number of hydrogen-bond donors (Lipinski definition) is 1. The molecule has 2 aromatic carbocycles. The number of aryl methyl sites for hydroxylation is 1. The van der Waals surface area contributed by atoms with Crippen LogP contribution in [0.25, 0.3) is 22.6 Å². The van der Waals surface area contributed by atoms with Gasteiger partial charge >= 0.3 is 12.1 Å². The lowest BCUT2D eigenvalue weighted by molar-refractivity contribution is -0.192. The predicted molar refractivity (Wildman–Crippen MR) is 148 cm³/mol. The van der Waals surface area contributed by atoms with Gasteiger partial charge < -0.3 is 14.7 Å². The van der Waals surface area contributed by atoms with E-state index in [2.05, 4.69) is 15.1 Å². The molecule has 0 bridgehead atoms. The van der Waals surface area contributed by atoms with Crippen LogP contribution >= 0.6 is 0 Å². The molecule has 14 heteroatoms. The molecule has 1 N–H and O–H groups in total. The Morgan fingerprint density at radius 3 is 2.21 bits per heavy atom. The Kier molecular flexibility index (Phi) is 11.0. The van der Waals surface area contributed by atoms with Crippen LogP contribution in [-0.2, 0) is 11.3 Å². The van der Waals surface area contributed by atoms with Gasteiger partial charge in [0, 0.05) is 36.1 Å². The average Bonchev–Trinajstić information content (AvgIpc) is 2.93. The fourth-order valence-electron chi connectivity index (χ4n) is 3.64. The first-order chi connectivity index (χ1) is 20.2. The monoisotopic (exact) mass is 605 g/mol. The third-order valence-corrected chi connectivity index (χ3v) is 5.70. The number of rotatable bonds is 9. The maximum Gasteiger partial charge on any atom is 0.490 e. The standard InChI is InChI=1S/C27H27F2N5O2.C2HF3O2/c1-18-15-30-27(31-16-18)20-7-4-6-19(12-20)17-34-25(35)9-8-24(32-34)21-13-22(28)26(23(29)14-21)36-11-5-10-33(2)3;3-2(4,5)1(6)7/h4,6-9,12-16H,5,10-11,17H2,1-3H3;(H,6,7). The number of carboxylic acid groups (broad SMARTS) is 1. The molecule has 0 aliphatic heterocycles. The zero-order valence-electron chi connectivity index (χ0n) is 23.4. The molecule has 0 unspecified atom stereocenters. The van der Waals surface area contributed by atoms with Crippen LogP contribution in [-0.4, -0.2) is 69.1 Å². The van der Waals surface area contributed by atoms with Crippen molar-refractivity contribution in [2.45, 2.75) is 26.1 Å². The number of carboxylic acids is 1. The summed E-state index contributed by atoms with van der Waals surface area (Å²) in [7, 11) is 3.83. The van der Waals surface area contributed by atoms with Gasteiger partial charge in [-0.3, -0.25) is 4.79 Å². The van der Waals surface area contributed by atoms with Gasteiger partial charge in [0.05, 0.1) is 18.8 Å². The molecule has 2 aromatic heterocycles. The molecule has 0 atom stereocenters. The molecule has 0 aliphatic carbocycles. The molecule has 4 rings (SSSR count). The summed E-state index contributed by atoms with van der Waals surface area (Å²) in [5.41, 5.74) is 2.71. The summed E-state index contributed by atoms with van der Waals surface area (Å²) in [5.74, 6) is -4.24. The number of aromatic nitrogens is 4. The lowest BCUT2D eigenvalue weighted by atomic mass is 10.1. The topological polar surface area (TPSA) is 110 Å². The molecule has 2 heterocycles. The van der Waals surface area contributed by atoms with E-state index in [1.807, 2.05) is 50.2 Å². The van der Waals surface area contributed by atoms with Gasteiger partial charge in [-0.2, -0.15) is 18.3 Å². The summed E-state index contributed by atoms with van der Waals surface area (Å²) < 4.78 is 67.6. The van der Waals surface area contributed by atoms with Gasteiger partial charge in [-0.05, 0) is 62.8 Å². The van der Waals surface area contributed by atoms with Crippen molar-refractivity contribution in [3.05, 3.63) is 94.0 Å². The van der Waals surface area contributed by atoms with E-state index in [0.717, 1.165) is 35.4 Å². The molecule has 43 heavy (non-hydrogen) atoms. The van der Waals surface area contributed by atoms with Crippen LogP contribution < -0.4 is 10.3 Å². The molecular formula is C29H28F5N5O4. The molecule has 0 fully saturated rings. The molecule has 228 valence electrons. The predicted octanol–water partition coefficient (Wildman–Crippen LogP) is 4.97. The summed E-state index contributed by atoms with van der Waals surface area (Å²) in [4.78, 5) is 32.0. The minimum atomic E-state index is -5.08. The molecule has 0 saturated heterocycles. The second-order valence-electron chi connectivity index (χ2n) is 9.58. The summed E-state index contributed by atoms with van der Waals surface area (Å²) in [5, 5.41) is 11.5.